The van der Waals surface area contributed by atoms with Crippen molar-refractivity contribution >= 4 is 5.91 Å². The molecule has 0 aromatic rings. The van der Waals surface area contributed by atoms with Crippen LogP contribution < -0.4 is 0 Å². The molecule has 3 heteroatoms. The molecule has 3 nitrogen and oxygen atoms in total. The number of rotatable bonds is 5. The largest absolute Gasteiger partial charge is 0.396 e. The van der Waals surface area contributed by atoms with Crippen LogP contribution in [0.4, 0.5) is 0 Å². The maximum atomic E-state index is 12.4. The fourth-order valence-electron chi connectivity index (χ4n) is 2.62. The average Bonchev–Trinajstić information content (AvgIpc) is 2.57. The quantitative estimate of drug-likeness (QED) is 0.752. The second-order valence-corrected chi connectivity index (χ2v) is 5.39. The molecule has 0 saturated heterocycles. The monoisotopic (exact) mass is 241 g/mol. The minimum Gasteiger partial charge on any atom is -0.396 e. The van der Waals surface area contributed by atoms with Crippen molar-refractivity contribution in [1.82, 2.24) is 4.90 Å². The first-order valence-corrected chi connectivity index (χ1v) is 7.08. The summed E-state index contributed by atoms with van der Waals surface area (Å²) in [4.78, 5) is 14.4. The van der Waals surface area contributed by atoms with E-state index in [0.717, 1.165) is 12.8 Å². The maximum Gasteiger partial charge on any atom is 0.225 e. The lowest BCUT2D eigenvalue weighted by molar-refractivity contribution is -0.137. The van der Waals surface area contributed by atoms with Crippen LogP contribution in [0, 0.1) is 5.92 Å². The Morgan fingerprint density at radius 1 is 1.24 bits per heavy atom. The first-order valence-electron chi connectivity index (χ1n) is 7.08. The van der Waals surface area contributed by atoms with Crippen LogP contribution in [0.2, 0.25) is 0 Å². The summed E-state index contributed by atoms with van der Waals surface area (Å²) in [6.45, 7) is 4.99. The standard InChI is InChI=1S/C14H27NO2/c1-12(2)15(10-7-11-16)14(17)13-8-5-3-4-6-9-13/h12-13,16H,3-11H2,1-2H3. The Bertz CT molecular complexity index is 220. The van der Waals surface area contributed by atoms with Crippen molar-refractivity contribution in [2.24, 2.45) is 5.92 Å². The summed E-state index contributed by atoms with van der Waals surface area (Å²) in [5, 5.41) is 8.90. The van der Waals surface area contributed by atoms with E-state index in [1.165, 1.54) is 25.7 Å². The minimum absolute atomic E-state index is 0.168. The van der Waals surface area contributed by atoms with Gasteiger partial charge in [0.1, 0.15) is 0 Å². The molecule has 0 radical (unpaired) electrons. The molecule has 0 bridgehead atoms. The van der Waals surface area contributed by atoms with Crippen molar-refractivity contribution < 1.29 is 9.90 Å². The Balaban J connectivity index is 2.55. The smallest absolute Gasteiger partial charge is 0.225 e. The van der Waals surface area contributed by atoms with Gasteiger partial charge in [-0.2, -0.15) is 0 Å². The molecule has 0 aromatic carbocycles. The van der Waals surface area contributed by atoms with Crippen molar-refractivity contribution in [3.05, 3.63) is 0 Å². The van der Waals surface area contributed by atoms with Crippen LogP contribution in [-0.4, -0.2) is 35.1 Å². The summed E-state index contributed by atoms with van der Waals surface area (Å²) < 4.78 is 0. The molecule has 0 aromatic heterocycles. The number of amides is 1. The van der Waals surface area contributed by atoms with Crippen molar-refractivity contribution in [3.8, 4) is 0 Å². The van der Waals surface area contributed by atoms with Crippen molar-refractivity contribution in [3.63, 3.8) is 0 Å². The van der Waals surface area contributed by atoms with Gasteiger partial charge in [-0.3, -0.25) is 4.79 Å². The molecule has 17 heavy (non-hydrogen) atoms. The third kappa shape index (κ3) is 4.66. The second-order valence-electron chi connectivity index (χ2n) is 5.39. The summed E-state index contributed by atoms with van der Waals surface area (Å²) in [5.74, 6) is 0.550. The minimum atomic E-state index is 0.168. The van der Waals surface area contributed by atoms with Crippen molar-refractivity contribution in [2.45, 2.75) is 64.8 Å². The molecule has 0 atom stereocenters. The number of aliphatic hydroxyl groups is 1. The number of hydrogen-bond acceptors (Lipinski definition) is 2. The molecule has 0 heterocycles. The van der Waals surface area contributed by atoms with E-state index < -0.39 is 0 Å². The Morgan fingerprint density at radius 3 is 2.29 bits per heavy atom. The lowest BCUT2D eigenvalue weighted by Gasteiger charge is -2.30. The zero-order chi connectivity index (χ0) is 12.7. The van der Waals surface area contributed by atoms with Crippen molar-refractivity contribution in [2.75, 3.05) is 13.2 Å². The zero-order valence-corrected chi connectivity index (χ0v) is 11.3. The van der Waals surface area contributed by atoms with E-state index in [1.54, 1.807) is 0 Å². The average molecular weight is 241 g/mol. The molecule has 1 rings (SSSR count). The van der Waals surface area contributed by atoms with Crippen LogP contribution in [-0.2, 0) is 4.79 Å². The third-order valence-electron chi connectivity index (χ3n) is 3.67. The number of nitrogens with zero attached hydrogens (tertiary/aromatic N) is 1. The van der Waals surface area contributed by atoms with E-state index in [4.69, 9.17) is 5.11 Å². The predicted molar refractivity (Wildman–Crippen MR) is 69.7 cm³/mol. The van der Waals surface area contributed by atoms with Gasteiger partial charge < -0.3 is 10.0 Å². The molecule has 1 aliphatic carbocycles. The summed E-state index contributed by atoms with van der Waals surface area (Å²) in [5.41, 5.74) is 0. The highest BCUT2D eigenvalue weighted by Gasteiger charge is 2.26. The normalized spacial score (nSPS) is 18.1. The summed E-state index contributed by atoms with van der Waals surface area (Å²) in [6, 6.07) is 0.248. The van der Waals surface area contributed by atoms with Gasteiger partial charge >= 0.3 is 0 Å². The van der Waals surface area contributed by atoms with E-state index in [1.807, 2.05) is 4.90 Å². The van der Waals surface area contributed by atoms with Gasteiger partial charge in [0, 0.05) is 25.1 Å². The molecule has 1 fully saturated rings. The van der Waals surface area contributed by atoms with E-state index in [0.29, 0.717) is 18.9 Å². The van der Waals surface area contributed by atoms with E-state index in [9.17, 15) is 4.79 Å². The van der Waals surface area contributed by atoms with Gasteiger partial charge in [0.2, 0.25) is 5.91 Å². The van der Waals surface area contributed by atoms with E-state index in [-0.39, 0.29) is 18.6 Å². The van der Waals surface area contributed by atoms with Gasteiger partial charge in [0.15, 0.2) is 0 Å². The van der Waals surface area contributed by atoms with Crippen LogP contribution in [0.1, 0.15) is 58.8 Å². The van der Waals surface area contributed by atoms with Crippen LogP contribution >= 0.6 is 0 Å². The van der Waals surface area contributed by atoms with Crippen LogP contribution in [0.25, 0.3) is 0 Å². The Labute approximate surface area is 105 Å². The van der Waals surface area contributed by atoms with Crippen LogP contribution in [0.5, 0.6) is 0 Å². The number of carbonyl (C=O) groups is 1. The topological polar surface area (TPSA) is 40.5 Å². The van der Waals surface area contributed by atoms with Crippen molar-refractivity contribution in [1.29, 1.82) is 0 Å². The highest BCUT2D eigenvalue weighted by Crippen LogP contribution is 2.25. The molecule has 1 amide bonds. The number of hydrogen-bond donors (Lipinski definition) is 1. The molecule has 0 spiro atoms. The summed E-state index contributed by atoms with van der Waals surface area (Å²) >= 11 is 0. The molecule has 1 aliphatic rings. The number of aliphatic hydroxyl groups excluding tert-OH is 1. The lowest BCUT2D eigenvalue weighted by Crippen LogP contribution is -2.41. The van der Waals surface area contributed by atoms with Gasteiger partial charge in [-0.15, -0.1) is 0 Å². The highest BCUT2D eigenvalue weighted by molar-refractivity contribution is 5.79. The second kappa shape index (κ2) is 7.70. The fourth-order valence-corrected chi connectivity index (χ4v) is 2.62. The molecular formula is C14H27NO2. The molecule has 0 aliphatic heterocycles. The SMILES string of the molecule is CC(C)N(CCCO)C(=O)C1CCCCCC1. The van der Waals surface area contributed by atoms with Gasteiger partial charge in [-0.1, -0.05) is 25.7 Å². The summed E-state index contributed by atoms with van der Waals surface area (Å²) in [6.07, 6.45) is 7.76. The third-order valence-corrected chi connectivity index (χ3v) is 3.67. The molecule has 0 unspecified atom stereocenters. The van der Waals surface area contributed by atoms with Crippen LogP contribution in [0.3, 0.4) is 0 Å². The van der Waals surface area contributed by atoms with E-state index >= 15 is 0 Å². The van der Waals surface area contributed by atoms with Gasteiger partial charge in [-0.25, -0.2) is 0 Å². The molecule has 1 N–H and O–H groups in total. The predicted octanol–water partition coefficient (Wildman–Crippen LogP) is 2.58. The lowest BCUT2D eigenvalue weighted by atomic mass is 9.98. The molecular weight excluding hydrogens is 214 g/mol. The summed E-state index contributed by atoms with van der Waals surface area (Å²) in [7, 11) is 0. The maximum absolute atomic E-state index is 12.4. The number of carbonyl (C=O) groups excluding carboxylic acids is 1. The zero-order valence-electron chi connectivity index (χ0n) is 11.3. The van der Waals surface area contributed by atoms with Gasteiger partial charge in [-0.05, 0) is 33.1 Å². The Morgan fingerprint density at radius 2 is 1.82 bits per heavy atom. The molecule has 1 saturated carbocycles. The first-order chi connectivity index (χ1) is 8.16. The van der Waals surface area contributed by atoms with E-state index in [2.05, 4.69) is 13.8 Å². The van der Waals surface area contributed by atoms with Crippen LogP contribution in [0.15, 0.2) is 0 Å². The first kappa shape index (κ1) is 14.5. The Kier molecular flexibility index (Phi) is 6.56. The molecule has 100 valence electrons. The highest BCUT2D eigenvalue weighted by atomic mass is 16.3. The Hall–Kier alpha value is -0.570. The van der Waals surface area contributed by atoms with Gasteiger partial charge in [0.05, 0.1) is 0 Å². The van der Waals surface area contributed by atoms with Gasteiger partial charge in [0.25, 0.3) is 0 Å². The fraction of sp³-hybridized carbons (Fsp3) is 0.929.